The minimum atomic E-state index is -0.408. The molecule has 0 unspecified atom stereocenters. The summed E-state index contributed by atoms with van der Waals surface area (Å²) in [5.74, 6) is -0.408. The normalized spacial score (nSPS) is 12.2. The van der Waals surface area contributed by atoms with Gasteiger partial charge in [-0.3, -0.25) is 0 Å². The van der Waals surface area contributed by atoms with Gasteiger partial charge >= 0.3 is 5.97 Å². The van der Waals surface area contributed by atoms with Crippen molar-refractivity contribution >= 4 is 40.5 Å². The van der Waals surface area contributed by atoms with E-state index in [9.17, 15) is 4.79 Å². The summed E-state index contributed by atoms with van der Waals surface area (Å²) in [6.45, 7) is 4.17. The maximum atomic E-state index is 12.4. The molecule has 0 amide bonds. The van der Waals surface area contributed by atoms with E-state index in [2.05, 4.69) is 18.1 Å². The fourth-order valence-electron chi connectivity index (χ4n) is 3.13. The van der Waals surface area contributed by atoms with Crippen LogP contribution in [0, 0.1) is 6.92 Å². The summed E-state index contributed by atoms with van der Waals surface area (Å²) >= 11 is 14.1. The maximum absolute atomic E-state index is 12.4. The quantitative estimate of drug-likeness (QED) is 0.444. The average molecular weight is 393 g/mol. The number of esters is 1. The highest BCUT2D eigenvalue weighted by Gasteiger charge is 2.33. The number of nitrogens with zero attached hydrogens (tertiary/aromatic N) is 2. The molecule has 3 aromatic rings. The number of halogens is 2. The second-order valence-electron chi connectivity index (χ2n) is 5.79. The van der Waals surface area contributed by atoms with Crippen LogP contribution in [0.2, 0.25) is 10.0 Å². The molecule has 0 saturated heterocycles. The summed E-state index contributed by atoms with van der Waals surface area (Å²) in [6.07, 6.45) is 0.675. The topological polar surface area (TPSA) is 44.1 Å². The number of fused-ring (bicyclic) bond motifs is 3. The first-order valence-electron chi connectivity index (χ1n) is 7.83. The summed E-state index contributed by atoms with van der Waals surface area (Å²) < 4.78 is 6.92. The molecule has 0 fully saturated rings. The lowest BCUT2D eigenvalue weighted by Gasteiger charge is -2.08. The van der Waals surface area contributed by atoms with Crippen molar-refractivity contribution in [3.8, 4) is 16.3 Å². The lowest BCUT2D eigenvalue weighted by Crippen LogP contribution is -2.09. The lowest BCUT2D eigenvalue weighted by atomic mass is 10.1. The SMILES string of the molecule is CCOC(=O)c1nn(-c2ccc(Cl)cc2Cl)c2c1Cc1cc(C)sc1-2. The first kappa shape index (κ1) is 16.6. The zero-order valence-corrected chi connectivity index (χ0v) is 15.9. The Balaban J connectivity index is 1.96. The molecule has 128 valence electrons. The van der Waals surface area contributed by atoms with Gasteiger partial charge in [-0.25, -0.2) is 9.48 Å². The van der Waals surface area contributed by atoms with E-state index in [4.69, 9.17) is 27.9 Å². The fraction of sp³-hybridized carbons (Fsp3) is 0.222. The maximum Gasteiger partial charge on any atom is 0.359 e. The van der Waals surface area contributed by atoms with E-state index in [0.29, 0.717) is 34.5 Å². The number of ether oxygens (including phenoxy) is 1. The summed E-state index contributed by atoms with van der Waals surface area (Å²) in [4.78, 5) is 14.7. The van der Waals surface area contributed by atoms with Crippen LogP contribution in [0.5, 0.6) is 0 Å². The van der Waals surface area contributed by atoms with Crippen molar-refractivity contribution < 1.29 is 9.53 Å². The molecule has 2 aromatic heterocycles. The molecule has 7 heteroatoms. The highest BCUT2D eigenvalue weighted by molar-refractivity contribution is 7.15. The zero-order valence-electron chi connectivity index (χ0n) is 13.6. The molecule has 2 heterocycles. The van der Waals surface area contributed by atoms with Crippen molar-refractivity contribution in [1.29, 1.82) is 0 Å². The second-order valence-corrected chi connectivity index (χ2v) is 7.89. The molecule has 0 N–H and O–H groups in total. The van der Waals surface area contributed by atoms with Gasteiger partial charge in [-0.15, -0.1) is 11.3 Å². The Bertz CT molecular complexity index is 1010. The van der Waals surface area contributed by atoms with Crippen LogP contribution < -0.4 is 0 Å². The third-order valence-electron chi connectivity index (χ3n) is 4.10. The monoisotopic (exact) mass is 392 g/mol. The Morgan fingerprint density at radius 1 is 1.36 bits per heavy atom. The van der Waals surface area contributed by atoms with E-state index in [0.717, 1.165) is 16.1 Å². The predicted molar refractivity (Wildman–Crippen MR) is 100 cm³/mol. The van der Waals surface area contributed by atoms with Crippen LogP contribution in [0.25, 0.3) is 16.3 Å². The van der Waals surface area contributed by atoms with E-state index < -0.39 is 5.97 Å². The third-order valence-corrected chi connectivity index (χ3v) is 5.74. The van der Waals surface area contributed by atoms with Crippen molar-refractivity contribution in [2.75, 3.05) is 6.61 Å². The minimum absolute atomic E-state index is 0.309. The molecule has 0 atom stereocenters. The van der Waals surface area contributed by atoms with Crippen LogP contribution in [0.4, 0.5) is 0 Å². The molecule has 0 saturated carbocycles. The van der Waals surface area contributed by atoms with Crippen LogP contribution in [-0.2, 0) is 11.2 Å². The molecule has 0 spiro atoms. The average Bonchev–Trinajstić information content (AvgIpc) is 3.17. The second kappa shape index (κ2) is 6.16. The van der Waals surface area contributed by atoms with Crippen LogP contribution in [0.1, 0.15) is 33.4 Å². The van der Waals surface area contributed by atoms with Crippen LogP contribution >= 0.6 is 34.5 Å². The Labute approximate surface area is 158 Å². The number of thiophene rings is 1. The molecule has 0 aliphatic heterocycles. The summed E-state index contributed by atoms with van der Waals surface area (Å²) in [6, 6.07) is 7.40. The number of hydrogen-bond donors (Lipinski definition) is 0. The molecular formula is C18H14Cl2N2O2S. The molecule has 0 radical (unpaired) electrons. The molecule has 4 rings (SSSR count). The van der Waals surface area contributed by atoms with Crippen LogP contribution in [0.15, 0.2) is 24.3 Å². The zero-order chi connectivity index (χ0) is 17.7. The molecule has 4 nitrogen and oxygen atoms in total. The van der Waals surface area contributed by atoms with Crippen molar-refractivity contribution in [1.82, 2.24) is 9.78 Å². The Hall–Kier alpha value is -1.82. The molecule has 25 heavy (non-hydrogen) atoms. The van der Waals surface area contributed by atoms with Gasteiger partial charge < -0.3 is 4.74 Å². The van der Waals surface area contributed by atoms with Crippen molar-refractivity contribution in [3.63, 3.8) is 0 Å². The van der Waals surface area contributed by atoms with Crippen LogP contribution in [0.3, 0.4) is 0 Å². The Kier molecular flexibility index (Phi) is 4.10. The number of aryl methyl sites for hydroxylation is 1. The van der Waals surface area contributed by atoms with E-state index in [-0.39, 0.29) is 0 Å². The summed E-state index contributed by atoms with van der Waals surface area (Å²) in [5.41, 5.74) is 4.06. The van der Waals surface area contributed by atoms with Gasteiger partial charge in [0.05, 0.1) is 27.9 Å². The van der Waals surface area contributed by atoms with Crippen molar-refractivity contribution in [3.05, 3.63) is 56.0 Å². The highest BCUT2D eigenvalue weighted by Crippen LogP contribution is 2.45. The summed E-state index contributed by atoms with van der Waals surface area (Å²) in [5, 5.41) is 5.57. The number of rotatable bonds is 3. The van der Waals surface area contributed by atoms with E-state index in [1.54, 1.807) is 35.1 Å². The molecule has 1 aromatic carbocycles. The molecular weight excluding hydrogens is 379 g/mol. The number of carbonyl (C=O) groups excluding carboxylic acids is 1. The molecule has 1 aliphatic carbocycles. The van der Waals surface area contributed by atoms with Gasteiger partial charge in [0.15, 0.2) is 5.69 Å². The first-order valence-corrected chi connectivity index (χ1v) is 9.41. The van der Waals surface area contributed by atoms with Gasteiger partial charge in [0.2, 0.25) is 0 Å². The van der Waals surface area contributed by atoms with Gasteiger partial charge in [-0.2, -0.15) is 5.10 Å². The smallest absolute Gasteiger partial charge is 0.359 e. The molecule has 1 aliphatic rings. The van der Waals surface area contributed by atoms with Gasteiger partial charge in [0.25, 0.3) is 0 Å². The standard InChI is InChI=1S/C18H14Cl2N2O2S/c1-3-24-18(23)15-12-7-10-6-9(2)25-17(10)16(12)22(21-15)14-5-4-11(19)8-13(14)20/h4-6,8H,3,7H2,1-2H3. The van der Waals surface area contributed by atoms with E-state index >= 15 is 0 Å². The summed E-state index contributed by atoms with van der Waals surface area (Å²) in [7, 11) is 0. The molecule has 0 bridgehead atoms. The fourth-order valence-corrected chi connectivity index (χ4v) is 4.71. The Morgan fingerprint density at radius 2 is 2.16 bits per heavy atom. The predicted octanol–water partition coefficient (Wildman–Crippen LogP) is 5.30. The van der Waals surface area contributed by atoms with Gasteiger partial charge in [0.1, 0.15) is 0 Å². The third kappa shape index (κ3) is 2.67. The lowest BCUT2D eigenvalue weighted by molar-refractivity contribution is 0.0518. The van der Waals surface area contributed by atoms with E-state index in [1.807, 2.05) is 6.07 Å². The number of aromatic nitrogens is 2. The van der Waals surface area contributed by atoms with Crippen molar-refractivity contribution in [2.45, 2.75) is 20.3 Å². The highest BCUT2D eigenvalue weighted by atomic mass is 35.5. The van der Waals surface area contributed by atoms with Gasteiger partial charge in [0, 0.05) is 21.9 Å². The van der Waals surface area contributed by atoms with Gasteiger partial charge in [-0.1, -0.05) is 23.2 Å². The van der Waals surface area contributed by atoms with Crippen molar-refractivity contribution in [2.24, 2.45) is 0 Å². The number of carbonyl (C=O) groups is 1. The number of hydrogen-bond acceptors (Lipinski definition) is 4. The first-order chi connectivity index (χ1) is 12.0. The minimum Gasteiger partial charge on any atom is -0.461 e. The van der Waals surface area contributed by atoms with E-state index in [1.165, 1.54) is 10.4 Å². The van der Waals surface area contributed by atoms with Crippen LogP contribution in [-0.4, -0.2) is 22.4 Å². The van der Waals surface area contributed by atoms with Gasteiger partial charge in [-0.05, 0) is 43.7 Å². The largest absolute Gasteiger partial charge is 0.461 e. The number of benzene rings is 1. The Morgan fingerprint density at radius 3 is 2.88 bits per heavy atom.